The predicted octanol–water partition coefficient (Wildman–Crippen LogP) is 6.58. The molecule has 11 heteroatoms. The predicted molar refractivity (Wildman–Crippen MR) is 148 cm³/mol. The zero-order chi connectivity index (χ0) is 26.3. The zero-order valence-corrected chi connectivity index (χ0v) is 22.5. The Bertz CT molecular complexity index is 1750. The van der Waals surface area contributed by atoms with Gasteiger partial charge in [0.05, 0.1) is 0 Å². The standard InChI is InChI=1S/C27H22ClN3O5S2/c1-16-25(28)27(36-30-16)31-38(32,33)26-20-13-19(29-14-17-5-3-2-4-6-17)8-10-23(20)37-24(26)12-18-7-9-21-22(11-18)35-15-34-21/h2-11,13,29,31H,12,14-15H2,1H3. The van der Waals surface area contributed by atoms with Crippen LogP contribution in [0.4, 0.5) is 11.6 Å². The highest BCUT2D eigenvalue weighted by Crippen LogP contribution is 2.40. The van der Waals surface area contributed by atoms with Crippen LogP contribution >= 0.6 is 22.9 Å². The van der Waals surface area contributed by atoms with Crippen LogP contribution in [0.1, 0.15) is 21.7 Å². The molecule has 3 aromatic carbocycles. The highest BCUT2D eigenvalue weighted by atomic mass is 35.5. The van der Waals surface area contributed by atoms with Crippen LogP contribution in [0.25, 0.3) is 10.1 Å². The van der Waals surface area contributed by atoms with E-state index >= 15 is 0 Å². The summed E-state index contributed by atoms with van der Waals surface area (Å²) in [6, 6.07) is 21.3. The molecule has 2 aromatic heterocycles. The fraction of sp³-hybridized carbons (Fsp3) is 0.148. The van der Waals surface area contributed by atoms with Crippen molar-refractivity contribution in [1.29, 1.82) is 0 Å². The summed E-state index contributed by atoms with van der Waals surface area (Å²) in [7, 11) is -4.09. The minimum absolute atomic E-state index is 0.115. The number of aryl methyl sites for hydroxylation is 1. The monoisotopic (exact) mass is 567 g/mol. The average molecular weight is 568 g/mol. The number of aromatic nitrogens is 1. The number of anilines is 2. The first-order valence-corrected chi connectivity index (χ1v) is 14.4. The molecule has 0 saturated carbocycles. The summed E-state index contributed by atoms with van der Waals surface area (Å²) < 4.78 is 47.0. The summed E-state index contributed by atoms with van der Waals surface area (Å²) in [6.45, 7) is 2.41. The molecule has 0 spiro atoms. The number of nitrogens with zero attached hydrogens (tertiary/aromatic N) is 1. The number of benzene rings is 3. The Hall–Kier alpha value is -3.73. The van der Waals surface area contributed by atoms with E-state index in [2.05, 4.69) is 15.2 Å². The van der Waals surface area contributed by atoms with Gasteiger partial charge < -0.3 is 19.3 Å². The third-order valence-electron chi connectivity index (χ3n) is 6.14. The van der Waals surface area contributed by atoms with Crippen molar-refractivity contribution in [2.24, 2.45) is 0 Å². The van der Waals surface area contributed by atoms with Crippen LogP contribution < -0.4 is 19.5 Å². The number of hydrogen-bond acceptors (Lipinski definition) is 8. The Kier molecular flexibility index (Phi) is 6.38. The molecular formula is C27H22ClN3O5S2. The molecule has 0 bridgehead atoms. The molecule has 0 saturated heterocycles. The Labute approximate surface area is 228 Å². The van der Waals surface area contributed by atoms with Crippen LogP contribution in [0.3, 0.4) is 0 Å². The molecule has 8 nitrogen and oxygen atoms in total. The highest BCUT2D eigenvalue weighted by Gasteiger charge is 2.28. The molecule has 0 unspecified atom stereocenters. The third-order valence-corrected chi connectivity index (χ3v) is 9.34. The third kappa shape index (κ3) is 4.78. The van der Waals surface area contributed by atoms with Gasteiger partial charge in [0, 0.05) is 33.6 Å². The molecule has 1 aliphatic rings. The lowest BCUT2D eigenvalue weighted by atomic mass is 10.1. The van der Waals surface area contributed by atoms with Crippen molar-refractivity contribution in [2.75, 3.05) is 16.8 Å². The van der Waals surface area contributed by atoms with E-state index in [9.17, 15) is 8.42 Å². The van der Waals surface area contributed by atoms with Crippen LogP contribution in [0.2, 0.25) is 5.02 Å². The van der Waals surface area contributed by atoms with Gasteiger partial charge >= 0.3 is 0 Å². The largest absolute Gasteiger partial charge is 0.454 e. The van der Waals surface area contributed by atoms with Crippen molar-refractivity contribution in [1.82, 2.24) is 5.16 Å². The molecule has 5 aromatic rings. The van der Waals surface area contributed by atoms with E-state index in [-0.39, 0.29) is 22.6 Å². The van der Waals surface area contributed by atoms with Gasteiger partial charge in [-0.2, -0.15) is 0 Å². The van der Waals surface area contributed by atoms with Crippen LogP contribution in [-0.2, 0) is 23.0 Å². The zero-order valence-electron chi connectivity index (χ0n) is 20.2. The van der Waals surface area contributed by atoms with E-state index in [0.717, 1.165) is 21.5 Å². The quantitative estimate of drug-likeness (QED) is 0.218. The van der Waals surface area contributed by atoms with Gasteiger partial charge in [-0.25, -0.2) is 13.1 Å². The molecule has 0 aliphatic carbocycles. The number of ether oxygens (including phenoxy) is 2. The first kappa shape index (κ1) is 24.6. The van der Waals surface area contributed by atoms with Crippen LogP contribution in [0.15, 0.2) is 76.1 Å². The summed E-state index contributed by atoms with van der Waals surface area (Å²) in [5.74, 6) is 1.20. The summed E-state index contributed by atoms with van der Waals surface area (Å²) in [5.41, 5.74) is 3.21. The van der Waals surface area contributed by atoms with E-state index in [0.29, 0.717) is 40.4 Å². The van der Waals surface area contributed by atoms with Crippen molar-refractivity contribution in [3.8, 4) is 11.5 Å². The van der Waals surface area contributed by atoms with Gasteiger partial charge in [0.25, 0.3) is 15.9 Å². The van der Waals surface area contributed by atoms with Gasteiger partial charge in [0.2, 0.25) is 6.79 Å². The molecule has 0 atom stereocenters. The van der Waals surface area contributed by atoms with Gasteiger partial charge in [-0.05, 0) is 48.4 Å². The second-order valence-corrected chi connectivity index (χ2v) is 11.9. The van der Waals surface area contributed by atoms with Crippen LogP contribution in [-0.4, -0.2) is 20.4 Å². The van der Waals surface area contributed by atoms with Crippen LogP contribution in [0.5, 0.6) is 11.5 Å². The number of thiophene rings is 1. The summed E-state index contributed by atoms with van der Waals surface area (Å²) in [6.07, 6.45) is 0.377. The van der Waals surface area contributed by atoms with Gasteiger partial charge in [0.1, 0.15) is 15.6 Å². The topological polar surface area (TPSA) is 103 Å². The van der Waals surface area contributed by atoms with Crippen molar-refractivity contribution in [3.05, 3.63) is 93.5 Å². The maximum absolute atomic E-state index is 13.8. The van der Waals surface area contributed by atoms with Gasteiger partial charge in [-0.15, -0.1) is 11.3 Å². The van der Waals surface area contributed by atoms with Crippen molar-refractivity contribution >= 4 is 54.6 Å². The van der Waals surface area contributed by atoms with Gasteiger partial charge in [0.15, 0.2) is 11.5 Å². The normalized spacial score (nSPS) is 12.7. The van der Waals surface area contributed by atoms with E-state index in [1.165, 1.54) is 11.3 Å². The van der Waals surface area contributed by atoms with Gasteiger partial charge in [-0.1, -0.05) is 53.2 Å². The Morgan fingerprint density at radius 2 is 1.82 bits per heavy atom. The molecule has 0 fully saturated rings. The molecule has 194 valence electrons. The molecule has 6 rings (SSSR count). The number of fused-ring (bicyclic) bond motifs is 2. The van der Waals surface area contributed by atoms with Crippen molar-refractivity contribution < 1.29 is 22.4 Å². The first-order chi connectivity index (χ1) is 18.4. The molecule has 1 aliphatic heterocycles. The number of nitrogens with one attached hydrogen (secondary N) is 2. The Morgan fingerprint density at radius 1 is 1.00 bits per heavy atom. The second kappa shape index (κ2) is 9.86. The summed E-state index contributed by atoms with van der Waals surface area (Å²) >= 11 is 7.65. The fourth-order valence-electron chi connectivity index (χ4n) is 4.28. The summed E-state index contributed by atoms with van der Waals surface area (Å²) in [5, 5.41) is 7.88. The fourth-order valence-corrected chi connectivity index (χ4v) is 7.40. The molecule has 0 radical (unpaired) electrons. The lowest BCUT2D eigenvalue weighted by Gasteiger charge is -2.10. The summed E-state index contributed by atoms with van der Waals surface area (Å²) in [4.78, 5) is 0.836. The van der Waals surface area contributed by atoms with E-state index in [1.54, 1.807) is 6.92 Å². The minimum atomic E-state index is -4.09. The first-order valence-electron chi connectivity index (χ1n) is 11.7. The lowest BCUT2D eigenvalue weighted by Crippen LogP contribution is -2.14. The average Bonchev–Trinajstić information content (AvgIpc) is 3.61. The smallest absolute Gasteiger partial charge is 0.266 e. The second-order valence-electron chi connectivity index (χ2n) is 8.79. The minimum Gasteiger partial charge on any atom is -0.454 e. The molecule has 38 heavy (non-hydrogen) atoms. The van der Waals surface area contributed by atoms with Crippen molar-refractivity contribution in [3.63, 3.8) is 0 Å². The number of hydrogen-bond donors (Lipinski definition) is 2. The van der Waals surface area contributed by atoms with E-state index in [4.69, 9.17) is 25.6 Å². The molecular weight excluding hydrogens is 546 g/mol. The SMILES string of the molecule is Cc1noc(NS(=O)(=O)c2c(Cc3ccc4c(c3)OCO4)sc3ccc(NCc4ccccc4)cc23)c1Cl. The van der Waals surface area contributed by atoms with Gasteiger partial charge in [-0.3, -0.25) is 0 Å². The van der Waals surface area contributed by atoms with E-state index < -0.39 is 10.0 Å². The highest BCUT2D eigenvalue weighted by molar-refractivity contribution is 7.93. The van der Waals surface area contributed by atoms with Crippen molar-refractivity contribution in [2.45, 2.75) is 24.8 Å². The Morgan fingerprint density at radius 3 is 2.61 bits per heavy atom. The maximum Gasteiger partial charge on any atom is 0.266 e. The van der Waals surface area contributed by atoms with E-state index in [1.807, 2.05) is 66.7 Å². The molecule has 0 amide bonds. The number of rotatable bonds is 8. The molecule has 2 N–H and O–H groups in total. The maximum atomic E-state index is 13.8. The number of sulfonamides is 1. The molecule has 3 heterocycles. The van der Waals surface area contributed by atoms with Crippen LogP contribution in [0, 0.1) is 6.92 Å². The number of halogens is 1. The Balaban J connectivity index is 1.41. The lowest BCUT2D eigenvalue weighted by molar-refractivity contribution is 0.174.